The molecule has 0 saturated carbocycles. The van der Waals surface area contributed by atoms with E-state index in [-0.39, 0.29) is 73.5 Å². The molecule has 12 heteroatoms. The number of aliphatic hydroxyl groups is 3. The van der Waals surface area contributed by atoms with Crippen molar-refractivity contribution < 1.29 is 43.9 Å². The van der Waals surface area contributed by atoms with Gasteiger partial charge in [0.25, 0.3) is 0 Å². The number of carbonyl (C=O) groups excluding carboxylic acids is 3. The molecule has 0 spiro atoms. The van der Waals surface area contributed by atoms with Gasteiger partial charge >= 0.3 is 17.9 Å². The molecule has 0 radical (unpaired) electrons. The fourth-order valence-corrected chi connectivity index (χ4v) is 2.73. The molecule has 212 valence electrons. The molecule has 12 nitrogen and oxygen atoms in total. The molecular weight excluding hydrogens is 498 g/mol. The quantitative estimate of drug-likeness (QED) is 0.0928. The normalized spacial score (nSPS) is 15.6. The van der Waals surface area contributed by atoms with Crippen molar-refractivity contribution in [1.29, 1.82) is 0 Å². The van der Waals surface area contributed by atoms with Crippen LogP contribution in [0.2, 0.25) is 0 Å². The van der Waals surface area contributed by atoms with E-state index in [1.54, 1.807) is 27.7 Å². The number of ether oxygens (including phenoxy) is 3. The van der Waals surface area contributed by atoms with Crippen LogP contribution >= 0.6 is 0 Å². The molecule has 0 fully saturated rings. The predicted octanol–water partition coefficient (Wildman–Crippen LogP) is 3.39. The molecule has 0 aliphatic rings. The monoisotopic (exact) mass is 537 g/mol. The lowest BCUT2D eigenvalue weighted by atomic mass is 9.91. The van der Waals surface area contributed by atoms with Crippen molar-refractivity contribution >= 4 is 36.6 Å². The largest absolute Gasteiger partial charge is 0.512 e. The van der Waals surface area contributed by atoms with Crippen molar-refractivity contribution in [1.82, 2.24) is 0 Å². The molecular formula is C26H39N3O9. The summed E-state index contributed by atoms with van der Waals surface area (Å²) in [6.45, 7) is 11.1. The molecule has 38 heavy (non-hydrogen) atoms. The molecule has 0 amide bonds. The number of rotatable bonds is 15. The summed E-state index contributed by atoms with van der Waals surface area (Å²) in [5.74, 6) is -3.02. The second-order valence-corrected chi connectivity index (χ2v) is 8.38. The van der Waals surface area contributed by atoms with E-state index in [1.165, 1.54) is 39.4 Å². The van der Waals surface area contributed by atoms with E-state index in [9.17, 15) is 29.7 Å². The first-order valence-corrected chi connectivity index (χ1v) is 12.0. The van der Waals surface area contributed by atoms with Crippen LogP contribution in [0, 0.1) is 5.41 Å². The molecule has 0 bridgehead atoms. The average Bonchev–Trinajstić information content (AvgIpc) is 2.82. The third kappa shape index (κ3) is 12.3. The first-order valence-electron chi connectivity index (χ1n) is 12.0. The molecule has 0 heterocycles. The Balaban J connectivity index is 6.08. The topological polar surface area (TPSA) is 177 Å². The highest BCUT2D eigenvalue weighted by atomic mass is 16.5. The molecule has 0 aromatic heterocycles. The summed E-state index contributed by atoms with van der Waals surface area (Å²) >= 11 is 0. The van der Waals surface area contributed by atoms with Gasteiger partial charge in [-0.1, -0.05) is 6.92 Å². The maximum absolute atomic E-state index is 12.1. The summed E-state index contributed by atoms with van der Waals surface area (Å²) in [7, 11) is 0. The van der Waals surface area contributed by atoms with Crippen molar-refractivity contribution in [3.63, 3.8) is 0 Å². The lowest BCUT2D eigenvalue weighted by molar-refractivity contribution is -0.139. The van der Waals surface area contributed by atoms with E-state index < -0.39 is 23.3 Å². The molecule has 0 rings (SSSR count). The number of aliphatic hydroxyl groups excluding tert-OH is 3. The maximum Gasteiger partial charge on any atom is 0.343 e. The molecule has 0 aliphatic carbocycles. The van der Waals surface area contributed by atoms with Crippen molar-refractivity contribution in [2.75, 3.05) is 39.5 Å². The highest BCUT2D eigenvalue weighted by molar-refractivity contribution is 6.11. The van der Waals surface area contributed by atoms with Gasteiger partial charge in [0.2, 0.25) is 0 Å². The summed E-state index contributed by atoms with van der Waals surface area (Å²) in [6.07, 6.45) is 3.55. The lowest BCUT2D eigenvalue weighted by Gasteiger charge is -2.23. The van der Waals surface area contributed by atoms with Crippen LogP contribution in [0.4, 0.5) is 0 Å². The van der Waals surface area contributed by atoms with Gasteiger partial charge in [-0.25, -0.2) is 14.4 Å². The van der Waals surface area contributed by atoms with Crippen LogP contribution in [0.15, 0.2) is 49.0 Å². The Kier molecular flexibility index (Phi) is 15.7. The van der Waals surface area contributed by atoms with Crippen molar-refractivity contribution in [3.8, 4) is 0 Å². The Labute approximate surface area is 223 Å². The fourth-order valence-electron chi connectivity index (χ4n) is 2.73. The van der Waals surface area contributed by atoms with Gasteiger partial charge in [0, 0.05) is 43.7 Å². The molecule has 0 aromatic rings. The summed E-state index contributed by atoms with van der Waals surface area (Å²) in [4.78, 5) is 49.0. The zero-order chi connectivity index (χ0) is 29.3. The van der Waals surface area contributed by atoms with Gasteiger partial charge < -0.3 is 29.5 Å². The number of aliphatic imine (C=N–C) groups is 3. The van der Waals surface area contributed by atoms with Crippen LogP contribution in [-0.2, 0) is 28.6 Å². The van der Waals surface area contributed by atoms with Gasteiger partial charge in [0.05, 0.1) is 19.8 Å². The zero-order valence-corrected chi connectivity index (χ0v) is 23.1. The second kappa shape index (κ2) is 17.5. The summed E-state index contributed by atoms with van der Waals surface area (Å²) in [5.41, 5.74) is -1.19. The summed E-state index contributed by atoms with van der Waals surface area (Å²) in [6, 6.07) is 0. The zero-order valence-electron chi connectivity index (χ0n) is 23.1. The van der Waals surface area contributed by atoms with Gasteiger partial charge in [-0.3, -0.25) is 15.0 Å². The number of nitrogens with zero attached hydrogens (tertiary/aromatic N) is 3. The minimum absolute atomic E-state index is 0.0466. The highest BCUT2D eigenvalue weighted by Crippen LogP contribution is 2.19. The van der Waals surface area contributed by atoms with Crippen LogP contribution in [-0.4, -0.2) is 91.3 Å². The van der Waals surface area contributed by atoms with Gasteiger partial charge in [-0.15, -0.1) is 0 Å². The Morgan fingerprint density at radius 1 is 0.605 bits per heavy atom. The van der Waals surface area contributed by atoms with Gasteiger partial charge in [-0.2, -0.15) is 0 Å². The number of hydrogen-bond donors (Lipinski definition) is 3. The average molecular weight is 538 g/mol. The van der Waals surface area contributed by atoms with E-state index in [4.69, 9.17) is 14.2 Å². The Morgan fingerprint density at radius 3 is 1.03 bits per heavy atom. The molecule has 0 saturated heterocycles. The predicted molar refractivity (Wildman–Crippen MR) is 144 cm³/mol. The number of carbonyl (C=O) groups is 3. The van der Waals surface area contributed by atoms with Crippen molar-refractivity contribution in [2.45, 2.75) is 48.5 Å². The van der Waals surface area contributed by atoms with Gasteiger partial charge in [0.1, 0.15) is 34.0 Å². The molecule has 0 aromatic carbocycles. The van der Waals surface area contributed by atoms with E-state index in [2.05, 4.69) is 15.0 Å². The van der Waals surface area contributed by atoms with Crippen LogP contribution in [0.1, 0.15) is 48.5 Å². The first-order chi connectivity index (χ1) is 17.8. The third-order valence-corrected chi connectivity index (χ3v) is 4.74. The highest BCUT2D eigenvalue weighted by Gasteiger charge is 2.25. The Morgan fingerprint density at radius 2 is 0.842 bits per heavy atom. The summed E-state index contributed by atoms with van der Waals surface area (Å²) in [5, 5.41) is 29.5. The molecule has 0 atom stereocenters. The standard InChI is InChI=1S/C26H39N3O9/c1-8-36-23(33)20(17(4)30)11-27-14-26(7,15-28-12-21(18(5)31)24(34)37-9-2)16-29-13-22(19(6)32)25(35)38-10-3/h11-13,30-32H,8-10,14-16H2,1-7H3. The third-order valence-electron chi connectivity index (χ3n) is 4.74. The van der Waals surface area contributed by atoms with Gasteiger partial charge in [-0.05, 0) is 41.5 Å². The van der Waals surface area contributed by atoms with E-state index in [1.807, 2.05) is 0 Å². The van der Waals surface area contributed by atoms with E-state index in [0.717, 1.165) is 0 Å². The van der Waals surface area contributed by atoms with Gasteiger partial charge in [0.15, 0.2) is 0 Å². The van der Waals surface area contributed by atoms with Crippen molar-refractivity contribution in [3.05, 3.63) is 34.0 Å². The molecule has 0 aliphatic heterocycles. The maximum atomic E-state index is 12.1. The SMILES string of the molecule is CCOC(=O)C(C=NCC(C)(CN=CC(C(=O)OCC)=C(C)O)CN=CC(C(=O)OCC)=C(C)O)=C(C)O. The van der Waals surface area contributed by atoms with Crippen LogP contribution in [0.25, 0.3) is 0 Å². The Hall–Kier alpha value is -3.96. The molecule has 0 unspecified atom stereocenters. The second-order valence-electron chi connectivity index (χ2n) is 8.38. The molecule has 3 N–H and O–H groups in total. The number of esters is 3. The van der Waals surface area contributed by atoms with E-state index >= 15 is 0 Å². The minimum atomic E-state index is -0.834. The number of hydrogen-bond acceptors (Lipinski definition) is 12. The summed E-state index contributed by atoms with van der Waals surface area (Å²) < 4.78 is 14.8. The smallest absolute Gasteiger partial charge is 0.343 e. The first kappa shape index (κ1) is 34.0. The van der Waals surface area contributed by atoms with Crippen LogP contribution in [0.5, 0.6) is 0 Å². The fraction of sp³-hybridized carbons (Fsp3) is 0.538. The van der Waals surface area contributed by atoms with Crippen LogP contribution in [0.3, 0.4) is 0 Å². The lowest BCUT2D eigenvalue weighted by Crippen LogP contribution is -2.29. The Bertz CT molecular complexity index is 883. The number of allylic oxidation sites excluding steroid dienone is 3. The van der Waals surface area contributed by atoms with Crippen LogP contribution < -0.4 is 0 Å². The van der Waals surface area contributed by atoms with E-state index in [0.29, 0.717) is 0 Å². The van der Waals surface area contributed by atoms with Crippen molar-refractivity contribution in [2.24, 2.45) is 20.4 Å². The minimum Gasteiger partial charge on any atom is -0.512 e.